The summed E-state index contributed by atoms with van der Waals surface area (Å²) in [7, 11) is 0. The minimum absolute atomic E-state index is 0.0214. The maximum atomic E-state index is 13.3. The zero-order valence-corrected chi connectivity index (χ0v) is 10.0. The molecule has 0 spiro atoms. The molecule has 0 radical (unpaired) electrons. The SMILES string of the molecule is Cc1cc(F)cc(C2CC(C(F)(F)F)CCN2)c1. The molecule has 2 unspecified atom stereocenters. The number of hydrogen-bond donors (Lipinski definition) is 1. The molecule has 1 aliphatic heterocycles. The fourth-order valence-electron chi connectivity index (χ4n) is 2.43. The average molecular weight is 261 g/mol. The highest BCUT2D eigenvalue weighted by atomic mass is 19.4. The smallest absolute Gasteiger partial charge is 0.310 e. The van der Waals surface area contributed by atoms with Crippen LogP contribution in [0.2, 0.25) is 0 Å². The van der Waals surface area contributed by atoms with Gasteiger partial charge in [-0.3, -0.25) is 0 Å². The maximum absolute atomic E-state index is 13.3. The lowest BCUT2D eigenvalue weighted by Crippen LogP contribution is -2.38. The molecule has 0 aromatic heterocycles. The van der Waals surface area contributed by atoms with Crippen LogP contribution in [-0.4, -0.2) is 12.7 Å². The number of rotatable bonds is 1. The van der Waals surface area contributed by atoms with Gasteiger partial charge < -0.3 is 5.32 Å². The first kappa shape index (κ1) is 13.3. The Morgan fingerprint density at radius 2 is 1.94 bits per heavy atom. The van der Waals surface area contributed by atoms with Gasteiger partial charge in [-0.15, -0.1) is 0 Å². The van der Waals surface area contributed by atoms with Crippen molar-refractivity contribution in [1.29, 1.82) is 0 Å². The van der Waals surface area contributed by atoms with Crippen molar-refractivity contribution in [3.63, 3.8) is 0 Å². The number of hydrogen-bond acceptors (Lipinski definition) is 1. The van der Waals surface area contributed by atoms with Gasteiger partial charge in [0.1, 0.15) is 5.82 Å². The number of aryl methyl sites for hydroxylation is 1. The average Bonchev–Trinajstić information content (AvgIpc) is 2.27. The van der Waals surface area contributed by atoms with Gasteiger partial charge in [-0.2, -0.15) is 13.2 Å². The molecule has 1 fully saturated rings. The Kier molecular flexibility index (Phi) is 3.61. The fraction of sp³-hybridized carbons (Fsp3) is 0.538. The summed E-state index contributed by atoms with van der Waals surface area (Å²) in [5, 5.41) is 3.03. The van der Waals surface area contributed by atoms with Crippen molar-refractivity contribution in [2.45, 2.75) is 32.0 Å². The molecule has 18 heavy (non-hydrogen) atoms. The molecule has 1 aliphatic rings. The van der Waals surface area contributed by atoms with Crippen molar-refractivity contribution in [1.82, 2.24) is 5.32 Å². The topological polar surface area (TPSA) is 12.0 Å². The Hall–Kier alpha value is -1.10. The molecule has 100 valence electrons. The van der Waals surface area contributed by atoms with E-state index in [1.165, 1.54) is 12.1 Å². The van der Waals surface area contributed by atoms with E-state index in [2.05, 4.69) is 5.32 Å². The van der Waals surface area contributed by atoms with Crippen LogP contribution < -0.4 is 5.32 Å². The third kappa shape index (κ3) is 3.02. The van der Waals surface area contributed by atoms with Crippen LogP contribution in [0.15, 0.2) is 18.2 Å². The molecule has 1 N–H and O–H groups in total. The Bertz CT molecular complexity index is 407. The molecule has 1 saturated heterocycles. The summed E-state index contributed by atoms with van der Waals surface area (Å²) in [4.78, 5) is 0. The van der Waals surface area contributed by atoms with Gasteiger partial charge in [0.05, 0.1) is 5.92 Å². The van der Waals surface area contributed by atoms with E-state index in [0.29, 0.717) is 12.1 Å². The van der Waals surface area contributed by atoms with Gasteiger partial charge in [0.25, 0.3) is 0 Å². The predicted octanol–water partition coefficient (Wildman–Crippen LogP) is 3.74. The fourth-order valence-corrected chi connectivity index (χ4v) is 2.43. The summed E-state index contributed by atoms with van der Waals surface area (Å²) in [5.41, 5.74) is 1.32. The Balaban J connectivity index is 2.18. The predicted molar refractivity (Wildman–Crippen MR) is 60.7 cm³/mol. The van der Waals surface area contributed by atoms with Crippen LogP contribution in [0.25, 0.3) is 0 Å². The van der Waals surface area contributed by atoms with Gasteiger partial charge in [0.2, 0.25) is 0 Å². The summed E-state index contributed by atoms with van der Waals surface area (Å²) >= 11 is 0. The largest absolute Gasteiger partial charge is 0.391 e. The van der Waals surface area contributed by atoms with E-state index < -0.39 is 24.0 Å². The van der Waals surface area contributed by atoms with Gasteiger partial charge in [0.15, 0.2) is 0 Å². The van der Waals surface area contributed by atoms with Crippen LogP contribution in [0.5, 0.6) is 0 Å². The van der Waals surface area contributed by atoms with Crippen molar-refractivity contribution >= 4 is 0 Å². The van der Waals surface area contributed by atoms with E-state index in [1.54, 1.807) is 13.0 Å². The third-order valence-electron chi connectivity index (χ3n) is 3.33. The lowest BCUT2D eigenvalue weighted by Gasteiger charge is -2.32. The molecule has 1 heterocycles. The molecule has 1 aromatic rings. The molecule has 1 nitrogen and oxygen atoms in total. The van der Waals surface area contributed by atoms with Gasteiger partial charge in [0, 0.05) is 6.04 Å². The minimum Gasteiger partial charge on any atom is -0.310 e. The van der Waals surface area contributed by atoms with Crippen molar-refractivity contribution < 1.29 is 17.6 Å². The summed E-state index contributed by atoms with van der Waals surface area (Å²) in [6.07, 6.45) is -4.09. The lowest BCUT2D eigenvalue weighted by atomic mass is 9.88. The molecule has 0 bridgehead atoms. The third-order valence-corrected chi connectivity index (χ3v) is 3.33. The number of alkyl halides is 3. The second kappa shape index (κ2) is 4.88. The van der Waals surface area contributed by atoms with Crippen molar-refractivity contribution in [2.24, 2.45) is 5.92 Å². The zero-order chi connectivity index (χ0) is 13.3. The van der Waals surface area contributed by atoms with E-state index >= 15 is 0 Å². The molecule has 0 saturated carbocycles. The number of benzene rings is 1. The normalized spacial score (nSPS) is 25.2. The first-order valence-corrected chi connectivity index (χ1v) is 5.93. The molecular formula is C13H15F4N. The molecule has 0 amide bonds. The van der Waals surface area contributed by atoms with Crippen molar-refractivity contribution in [3.05, 3.63) is 35.1 Å². The molecule has 2 atom stereocenters. The van der Waals surface area contributed by atoms with Gasteiger partial charge in [-0.1, -0.05) is 6.07 Å². The number of halogens is 4. The van der Waals surface area contributed by atoms with Gasteiger partial charge in [-0.05, 0) is 49.6 Å². The Morgan fingerprint density at radius 3 is 2.56 bits per heavy atom. The van der Waals surface area contributed by atoms with Crippen LogP contribution in [0.4, 0.5) is 17.6 Å². The van der Waals surface area contributed by atoms with Crippen LogP contribution in [0.1, 0.15) is 30.0 Å². The lowest BCUT2D eigenvalue weighted by molar-refractivity contribution is -0.183. The van der Waals surface area contributed by atoms with Gasteiger partial charge in [-0.25, -0.2) is 4.39 Å². The Labute approximate surface area is 103 Å². The summed E-state index contributed by atoms with van der Waals surface area (Å²) in [5.74, 6) is -1.70. The first-order valence-electron chi connectivity index (χ1n) is 5.93. The zero-order valence-electron chi connectivity index (χ0n) is 10.0. The monoisotopic (exact) mass is 261 g/mol. The summed E-state index contributed by atoms with van der Waals surface area (Å²) in [6, 6.07) is 4.00. The second-order valence-corrected chi connectivity index (χ2v) is 4.83. The minimum atomic E-state index is -4.16. The number of nitrogens with one attached hydrogen (secondary N) is 1. The highest BCUT2D eigenvalue weighted by Crippen LogP contribution is 2.38. The molecule has 2 rings (SSSR count). The highest BCUT2D eigenvalue weighted by Gasteiger charge is 2.42. The van der Waals surface area contributed by atoms with E-state index in [-0.39, 0.29) is 12.8 Å². The van der Waals surface area contributed by atoms with Crippen LogP contribution >= 0.6 is 0 Å². The Morgan fingerprint density at radius 1 is 1.22 bits per heavy atom. The van der Waals surface area contributed by atoms with E-state index in [4.69, 9.17) is 0 Å². The van der Waals surface area contributed by atoms with E-state index in [9.17, 15) is 17.6 Å². The molecule has 1 aromatic carbocycles. The quantitative estimate of drug-likeness (QED) is 0.759. The molecule has 5 heteroatoms. The van der Waals surface area contributed by atoms with Crippen molar-refractivity contribution in [2.75, 3.05) is 6.54 Å². The van der Waals surface area contributed by atoms with Gasteiger partial charge >= 0.3 is 6.18 Å². The van der Waals surface area contributed by atoms with Crippen molar-refractivity contribution in [3.8, 4) is 0 Å². The van der Waals surface area contributed by atoms with E-state index in [0.717, 1.165) is 5.56 Å². The standard InChI is InChI=1S/C13H15F4N/c1-8-4-9(6-11(14)5-8)12-7-10(2-3-18-12)13(15,16)17/h4-6,10,12,18H,2-3,7H2,1H3. The van der Waals surface area contributed by atoms with Crippen LogP contribution in [-0.2, 0) is 0 Å². The highest BCUT2D eigenvalue weighted by molar-refractivity contribution is 5.26. The molecular weight excluding hydrogens is 246 g/mol. The summed E-state index contributed by atoms with van der Waals surface area (Å²) < 4.78 is 51.3. The van der Waals surface area contributed by atoms with Crippen LogP contribution in [0, 0.1) is 18.7 Å². The van der Waals surface area contributed by atoms with E-state index in [1.807, 2.05) is 0 Å². The first-order chi connectivity index (χ1) is 8.36. The van der Waals surface area contributed by atoms with Crippen LogP contribution in [0.3, 0.4) is 0 Å². The molecule has 0 aliphatic carbocycles. The maximum Gasteiger partial charge on any atom is 0.391 e. The summed E-state index contributed by atoms with van der Waals surface area (Å²) in [6.45, 7) is 2.04. The number of piperidine rings is 1. The second-order valence-electron chi connectivity index (χ2n) is 4.83.